The van der Waals surface area contributed by atoms with Crippen LogP contribution < -0.4 is 0 Å². The summed E-state index contributed by atoms with van der Waals surface area (Å²) in [5, 5.41) is 10.7. The van der Waals surface area contributed by atoms with Crippen LogP contribution in [-0.4, -0.2) is 22.6 Å². The smallest absolute Gasteiger partial charge is 0.171 e. The molecule has 0 saturated heterocycles. The molecule has 0 aliphatic heterocycles. The molecule has 3 nitrogen and oxygen atoms in total. The van der Waals surface area contributed by atoms with E-state index in [2.05, 4.69) is 63.7 Å². The van der Waals surface area contributed by atoms with Crippen molar-refractivity contribution in [2.45, 2.75) is 65.1 Å². The zero-order valence-electron chi connectivity index (χ0n) is 14.3. The maximum atomic E-state index is 9.70. The van der Waals surface area contributed by atoms with Gasteiger partial charge in [-0.15, -0.1) is 0 Å². The molecule has 4 heteroatoms. The third kappa shape index (κ3) is 2.29. The third-order valence-electron chi connectivity index (χ3n) is 4.97. The summed E-state index contributed by atoms with van der Waals surface area (Å²) in [6, 6.07) is 3.99. The highest BCUT2D eigenvalue weighted by atomic mass is 28.3. The molecule has 21 heavy (non-hydrogen) atoms. The van der Waals surface area contributed by atoms with Gasteiger partial charge in [0.25, 0.3) is 0 Å². The minimum absolute atomic E-state index is 0.241. The molecule has 0 saturated carbocycles. The molecule has 0 aliphatic rings. The third-order valence-corrected chi connectivity index (χ3v) is 11.9. The SMILES string of the molecule is Cc1cc2cc(O)cnc2n1[Si](C(C)C)(C(C)C)C(C)C. The minimum atomic E-state index is -1.81. The molecular weight excluding hydrogens is 276 g/mol. The first-order valence-electron chi connectivity index (χ1n) is 7.90. The Morgan fingerprint density at radius 2 is 1.52 bits per heavy atom. The number of aromatic hydroxyl groups is 1. The number of nitrogens with zero attached hydrogens (tertiary/aromatic N) is 2. The Balaban J connectivity index is 2.86. The van der Waals surface area contributed by atoms with E-state index in [1.807, 2.05) is 6.07 Å². The average Bonchev–Trinajstić information content (AvgIpc) is 2.65. The Morgan fingerprint density at radius 1 is 1.00 bits per heavy atom. The van der Waals surface area contributed by atoms with Crippen molar-refractivity contribution >= 4 is 19.3 Å². The number of pyridine rings is 1. The summed E-state index contributed by atoms with van der Waals surface area (Å²) in [7, 11) is -1.81. The summed E-state index contributed by atoms with van der Waals surface area (Å²) in [5.74, 6) is 0.241. The van der Waals surface area contributed by atoms with Gasteiger partial charge in [-0.25, -0.2) is 4.98 Å². The first-order chi connectivity index (χ1) is 9.72. The second kappa shape index (κ2) is 5.48. The molecule has 2 heterocycles. The molecule has 0 aromatic carbocycles. The van der Waals surface area contributed by atoms with Gasteiger partial charge in [0.15, 0.2) is 8.24 Å². The molecule has 0 atom stereocenters. The van der Waals surface area contributed by atoms with E-state index in [9.17, 15) is 5.11 Å². The summed E-state index contributed by atoms with van der Waals surface area (Å²) in [6.45, 7) is 16.3. The highest BCUT2D eigenvalue weighted by Crippen LogP contribution is 2.45. The van der Waals surface area contributed by atoms with Gasteiger partial charge >= 0.3 is 0 Å². The molecular formula is C17H28N2OSi. The molecule has 0 aliphatic carbocycles. The minimum Gasteiger partial charge on any atom is -0.506 e. The topological polar surface area (TPSA) is 38.1 Å². The number of rotatable bonds is 4. The lowest BCUT2D eigenvalue weighted by molar-refractivity contribution is 0.474. The maximum Gasteiger partial charge on any atom is 0.171 e. The molecule has 0 spiro atoms. The van der Waals surface area contributed by atoms with Crippen LogP contribution in [0.3, 0.4) is 0 Å². The molecule has 0 unspecified atom stereocenters. The van der Waals surface area contributed by atoms with Crippen LogP contribution in [0.2, 0.25) is 16.6 Å². The van der Waals surface area contributed by atoms with Gasteiger partial charge in [-0.2, -0.15) is 0 Å². The van der Waals surface area contributed by atoms with Crippen LogP contribution in [0.4, 0.5) is 0 Å². The van der Waals surface area contributed by atoms with E-state index in [-0.39, 0.29) is 5.75 Å². The molecule has 0 bridgehead atoms. The quantitative estimate of drug-likeness (QED) is 0.800. The Hall–Kier alpha value is -1.29. The molecule has 0 amide bonds. The summed E-state index contributed by atoms with van der Waals surface area (Å²) in [6.07, 6.45) is 1.57. The molecule has 2 rings (SSSR count). The van der Waals surface area contributed by atoms with Crippen molar-refractivity contribution in [3.05, 3.63) is 24.0 Å². The van der Waals surface area contributed by atoms with Gasteiger partial charge in [0.1, 0.15) is 11.4 Å². The Bertz CT molecular complexity index is 622. The zero-order valence-corrected chi connectivity index (χ0v) is 15.3. The first kappa shape index (κ1) is 16.1. The van der Waals surface area contributed by atoms with Gasteiger partial charge in [-0.1, -0.05) is 41.5 Å². The van der Waals surface area contributed by atoms with Crippen LogP contribution in [0.15, 0.2) is 18.3 Å². The van der Waals surface area contributed by atoms with Crippen LogP contribution in [0.5, 0.6) is 5.75 Å². The Morgan fingerprint density at radius 3 is 2.00 bits per heavy atom. The van der Waals surface area contributed by atoms with E-state index in [0.29, 0.717) is 16.6 Å². The molecule has 0 radical (unpaired) electrons. The maximum absolute atomic E-state index is 9.70. The van der Waals surface area contributed by atoms with E-state index in [0.717, 1.165) is 11.0 Å². The standard InChI is InChI=1S/C17H28N2OSi/c1-11(2)21(12(3)4,13(5)6)19-14(7)8-15-9-16(20)10-18-17(15)19/h8-13,20H,1-7H3. The van der Waals surface area contributed by atoms with E-state index < -0.39 is 8.24 Å². The van der Waals surface area contributed by atoms with Crippen LogP contribution >= 0.6 is 0 Å². The molecule has 2 aromatic rings. The van der Waals surface area contributed by atoms with E-state index in [1.54, 1.807) is 6.20 Å². The monoisotopic (exact) mass is 304 g/mol. The van der Waals surface area contributed by atoms with E-state index >= 15 is 0 Å². The van der Waals surface area contributed by atoms with E-state index in [4.69, 9.17) is 0 Å². The molecule has 1 N–H and O–H groups in total. The van der Waals surface area contributed by atoms with Crippen molar-refractivity contribution in [3.8, 4) is 5.75 Å². The zero-order chi connectivity index (χ0) is 15.9. The van der Waals surface area contributed by atoms with Gasteiger partial charge in [0.05, 0.1) is 6.20 Å². The average molecular weight is 305 g/mol. The highest BCUT2D eigenvalue weighted by molar-refractivity contribution is 6.82. The first-order valence-corrected chi connectivity index (χ1v) is 10.1. The summed E-state index contributed by atoms with van der Waals surface area (Å²) in [5.41, 5.74) is 4.19. The summed E-state index contributed by atoms with van der Waals surface area (Å²) in [4.78, 5) is 4.56. The predicted octanol–water partition coefficient (Wildman–Crippen LogP) is 5.07. The Kier molecular flexibility index (Phi) is 4.20. The van der Waals surface area contributed by atoms with Crippen molar-refractivity contribution in [2.24, 2.45) is 0 Å². The number of aromatic nitrogens is 2. The number of fused-ring (bicyclic) bond motifs is 1. The number of hydrogen-bond acceptors (Lipinski definition) is 2. The second-order valence-electron chi connectivity index (χ2n) is 7.08. The highest BCUT2D eigenvalue weighted by Gasteiger charge is 2.46. The lowest BCUT2D eigenvalue weighted by atomic mass is 10.3. The van der Waals surface area contributed by atoms with Gasteiger partial charge in [-0.3, -0.25) is 0 Å². The van der Waals surface area contributed by atoms with Crippen molar-refractivity contribution in [1.82, 2.24) is 9.22 Å². The summed E-state index contributed by atoms with van der Waals surface area (Å²) >= 11 is 0. The van der Waals surface area contributed by atoms with Crippen LogP contribution in [-0.2, 0) is 0 Å². The van der Waals surface area contributed by atoms with Gasteiger partial charge in [0.2, 0.25) is 0 Å². The fourth-order valence-corrected chi connectivity index (χ4v) is 11.3. The lowest BCUT2D eigenvalue weighted by Gasteiger charge is -2.45. The van der Waals surface area contributed by atoms with Crippen molar-refractivity contribution in [2.75, 3.05) is 0 Å². The van der Waals surface area contributed by atoms with Gasteiger partial charge in [0, 0.05) is 11.1 Å². The van der Waals surface area contributed by atoms with Crippen molar-refractivity contribution in [1.29, 1.82) is 0 Å². The van der Waals surface area contributed by atoms with Crippen molar-refractivity contribution < 1.29 is 5.11 Å². The lowest BCUT2D eigenvalue weighted by Crippen LogP contribution is -2.52. The fraction of sp³-hybridized carbons (Fsp3) is 0.588. The predicted molar refractivity (Wildman–Crippen MR) is 92.6 cm³/mol. The van der Waals surface area contributed by atoms with Crippen LogP contribution in [0, 0.1) is 6.92 Å². The van der Waals surface area contributed by atoms with Gasteiger partial charge < -0.3 is 9.34 Å². The fourth-order valence-electron chi connectivity index (χ4n) is 4.48. The second-order valence-corrected chi connectivity index (χ2v) is 12.8. The molecule has 0 fully saturated rings. The number of aryl methyl sites for hydroxylation is 1. The largest absolute Gasteiger partial charge is 0.506 e. The van der Waals surface area contributed by atoms with Crippen LogP contribution in [0.25, 0.3) is 11.0 Å². The number of hydrogen-bond donors (Lipinski definition) is 1. The Labute approximate surface area is 129 Å². The molecule has 2 aromatic heterocycles. The molecule has 116 valence electrons. The summed E-state index contributed by atoms with van der Waals surface area (Å²) < 4.78 is 2.54. The van der Waals surface area contributed by atoms with Crippen molar-refractivity contribution in [3.63, 3.8) is 0 Å². The van der Waals surface area contributed by atoms with Crippen LogP contribution in [0.1, 0.15) is 47.2 Å². The van der Waals surface area contributed by atoms with Gasteiger partial charge in [-0.05, 0) is 35.7 Å². The van der Waals surface area contributed by atoms with E-state index in [1.165, 1.54) is 5.69 Å². The normalized spacial score (nSPS) is 13.0.